The Hall–Kier alpha value is -1.71. The Balaban J connectivity index is 1.54. The molecule has 8 atom stereocenters. The maximum absolute atomic E-state index is 13.7. The number of ketones is 2. The molecule has 0 unspecified atom stereocenters. The van der Waals surface area contributed by atoms with E-state index in [9.17, 15) is 14.4 Å². The fourth-order valence-corrected chi connectivity index (χ4v) is 9.54. The van der Waals surface area contributed by atoms with Crippen LogP contribution in [0.25, 0.3) is 0 Å². The Morgan fingerprint density at radius 2 is 1.79 bits per heavy atom. The summed E-state index contributed by atoms with van der Waals surface area (Å²) in [6, 6.07) is 0. The first-order valence-corrected chi connectivity index (χ1v) is 13.4. The highest BCUT2D eigenvalue weighted by Crippen LogP contribution is 2.74. The molecule has 1 aliphatic heterocycles. The van der Waals surface area contributed by atoms with Crippen LogP contribution in [0.4, 0.5) is 0 Å². The summed E-state index contributed by atoms with van der Waals surface area (Å²) in [5, 5.41) is 0. The van der Waals surface area contributed by atoms with Gasteiger partial charge in [-0.2, -0.15) is 0 Å². The Morgan fingerprint density at radius 1 is 1.09 bits per heavy atom. The van der Waals surface area contributed by atoms with Crippen LogP contribution < -0.4 is 0 Å². The first-order valence-electron chi connectivity index (χ1n) is 13.4. The first-order chi connectivity index (χ1) is 15.8. The molecule has 0 aromatic rings. The van der Waals surface area contributed by atoms with Crippen molar-refractivity contribution in [3.05, 3.63) is 23.3 Å². The van der Waals surface area contributed by atoms with Crippen molar-refractivity contribution in [3.63, 3.8) is 0 Å². The van der Waals surface area contributed by atoms with E-state index in [1.807, 2.05) is 19.9 Å². The molecule has 4 aliphatic carbocycles. The molecule has 1 heterocycles. The SMILES string of the molecule is CC(C)=CCC[C@H]1C(=O)O[C@H]2C[C@]3(C)C4=CC(=O)[C@H]5C(C)(C)C(=O)CC[C@]5(C)[C@H]4CC[C@@]3(C)[C@@H]21. The maximum Gasteiger partial charge on any atom is 0.309 e. The zero-order chi connectivity index (χ0) is 24.8. The van der Waals surface area contributed by atoms with E-state index >= 15 is 0 Å². The van der Waals surface area contributed by atoms with Crippen LogP contribution in [-0.4, -0.2) is 23.6 Å². The maximum atomic E-state index is 13.7. The average Bonchev–Trinajstić information content (AvgIpc) is 3.15. The van der Waals surface area contributed by atoms with E-state index in [0.717, 1.165) is 38.5 Å². The molecule has 4 fully saturated rings. The molecule has 5 aliphatic rings. The molecule has 3 saturated carbocycles. The Kier molecular flexibility index (Phi) is 5.22. The molecule has 0 N–H and O–H groups in total. The predicted octanol–water partition coefficient (Wildman–Crippen LogP) is 6.24. The van der Waals surface area contributed by atoms with Crippen LogP contribution in [-0.2, 0) is 19.1 Å². The summed E-state index contributed by atoms with van der Waals surface area (Å²) in [6.07, 6.45) is 10.1. The number of allylic oxidation sites excluding steroid dienone is 4. The van der Waals surface area contributed by atoms with Gasteiger partial charge in [-0.1, -0.05) is 51.8 Å². The number of carbonyl (C=O) groups excluding carboxylic acids is 3. The third-order valence-corrected chi connectivity index (χ3v) is 11.4. The molecule has 4 nitrogen and oxygen atoms in total. The van der Waals surface area contributed by atoms with Gasteiger partial charge in [-0.3, -0.25) is 14.4 Å². The topological polar surface area (TPSA) is 60.4 Å². The number of esters is 1. The van der Waals surface area contributed by atoms with Gasteiger partial charge in [0, 0.05) is 23.7 Å². The highest BCUT2D eigenvalue weighted by atomic mass is 16.6. The van der Waals surface area contributed by atoms with Crippen LogP contribution in [0.2, 0.25) is 0 Å². The van der Waals surface area contributed by atoms with E-state index in [1.165, 1.54) is 11.1 Å². The fourth-order valence-electron chi connectivity index (χ4n) is 9.54. The van der Waals surface area contributed by atoms with Gasteiger partial charge >= 0.3 is 5.97 Å². The summed E-state index contributed by atoms with van der Waals surface area (Å²) < 4.78 is 6.05. The van der Waals surface area contributed by atoms with Crippen LogP contribution in [0.3, 0.4) is 0 Å². The number of Topliss-reactive ketones (excluding diaryl/α,β-unsaturated/α-hetero) is 1. The quantitative estimate of drug-likeness (QED) is 0.365. The van der Waals surface area contributed by atoms with Gasteiger partial charge in [0.2, 0.25) is 0 Å². The largest absolute Gasteiger partial charge is 0.462 e. The lowest BCUT2D eigenvalue weighted by atomic mass is 9.41. The summed E-state index contributed by atoms with van der Waals surface area (Å²) in [5.41, 5.74) is 1.57. The van der Waals surface area contributed by atoms with Crippen LogP contribution in [0, 0.1) is 45.3 Å². The summed E-state index contributed by atoms with van der Waals surface area (Å²) in [5.74, 6) is 0.592. The van der Waals surface area contributed by atoms with E-state index < -0.39 is 5.41 Å². The molecule has 34 heavy (non-hydrogen) atoms. The number of rotatable bonds is 3. The Morgan fingerprint density at radius 3 is 2.47 bits per heavy atom. The molecule has 1 saturated heterocycles. The average molecular weight is 467 g/mol. The van der Waals surface area contributed by atoms with Crippen molar-refractivity contribution in [1.82, 2.24) is 0 Å². The van der Waals surface area contributed by atoms with Crippen molar-refractivity contribution in [3.8, 4) is 0 Å². The second-order valence-electron chi connectivity index (χ2n) is 13.6. The van der Waals surface area contributed by atoms with Crippen LogP contribution >= 0.6 is 0 Å². The highest BCUT2D eigenvalue weighted by molar-refractivity contribution is 6.01. The van der Waals surface area contributed by atoms with Crippen molar-refractivity contribution < 1.29 is 19.1 Å². The summed E-state index contributed by atoms with van der Waals surface area (Å²) in [7, 11) is 0. The Bertz CT molecular complexity index is 1010. The number of ether oxygens (including phenoxy) is 1. The van der Waals surface area contributed by atoms with Gasteiger partial charge in [0.1, 0.15) is 11.9 Å². The van der Waals surface area contributed by atoms with E-state index in [4.69, 9.17) is 4.74 Å². The minimum atomic E-state index is -0.606. The van der Waals surface area contributed by atoms with Crippen molar-refractivity contribution >= 4 is 17.5 Å². The first kappa shape index (κ1) is 24.0. The van der Waals surface area contributed by atoms with Crippen LogP contribution in [0.1, 0.15) is 93.4 Å². The molecule has 0 aromatic heterocycles. The molecular formula is C30H42O4. The molecule has 0 radical (unpaired) electrons. The van der Waals surface area contributed by atoms with Crippen molar-refractivity contribution in [2.45, 2.75) is 99.5 Å². The zero-order valence-electron chi connectivity index (χ0n) is 22.1. The third kappa shape index (κ3) is 2.92. The van der Waals surface area contributed by atoms with Gasteiger partial charge in [-0.25, -0.2) is 0 Å². The fraction of sp³-hybridized carbons (Fsp3) is 0.767. The Labute approximate surface area is 205 Å². The molecule has 0 amide bonds. The molecule has 186 valence electrons. The van der Waals surface area contributed by atoms with E-state index in [0.29, 0.717) is 12.3 Å². The number of carbonyl (C=O) groups is 3. The van der Waals surface area contributed by atoms with Gasteiger partial charge in [-0.05, 0) is 80.6 Å². The molecular weight excluding hydrogens is 424 g/mol. The third-order valence-electron chi connectivity index (χ3n) is 11.4. The normalized spacial score (nSPS) is 46.6. The minimum absolute atomic E-state index is 0.0178. The number of hydrogen-bond acceptors (Lipinski definition) is 4. The van der Waals surface area contributed by atoms with E-state index in [2.05, 4.69) is 40.7 Å². The van der Waals surface area contributed by atoms with Crippen LogP contribution in [0.15, 0.2) is 23.3 Å². The zero-order valence-corrected chi connectivity index (χ0v) is 22.1. The highest BCUT2D eigenvalue weighted by Gasteiger charge is 2.71. The number of fused-ring (bicyclic) bond motifs is 7. The lowest BCUT2D eigenvalue weighted by Crippen LogP contribution is -2.59. The van der Waals surface area contributed by atoms with E-state index in [-0.39, 0.29) is 57.6 Å². The van der Waals surface area contributed by atoms with Gasteiger partial charge in [0.15, 0.2) is 5.78 Å². The number of hydrogen-bond donors (Lipinski definition) is 0. The van der Waals surface area contributed by atoms with Gasteiger partial charge in [-0.15, -0.1) is 0 Å². The second kappa shape index (κ2) is 7.40. The van der Waals surface area contributed by atoms with Crippen molar-refractivity contribution in [1.29, 1.82) is 0 Å². The van der Waals surface area contributed by atoms with Gasteiger partial charge < -0.3 is 4.74 Å². The summed E-state index contributed by atoms with van der Waals surface area (Å²) in [4.78, 5) is 39.5. The lowest BCUT2D eigenvalue weighted by Gasteiger charge is -2.62. The van der Waals surface area contributed by atoms with Gasteiger partial charge in [0.05, 0.1) is 5.92 Å². The van der Waals surface area contributed by atoms with Crippen molar-refractivity contribution in [2.75, 3.05) is 0 Å². The van der Waals surface area contributed by atoms with Crippen LogP contribution in [0.5, 0.6) is 0 Å². The van der Waals surface area contributed by atoms with Crippen molar-refractivity contribution in [2.24, 2.45) is 45.3 Å². The summed E-state index contributed by atoms with van der Waals surface area (Å²) in [6.45, 7) is 15.2. The second-order valence-corrected chi connectivity index (χ2v) is 13.6. The monoisotopic (exact) mass is 466 g/mol. The summed E-state index contributed by atoms with van der Waals surface area (Å²) >= 11 is 0. The predicted molar refractivity (Wildman–Crippen MR) is 132 cm³/mol. The smallest absolute Gasteiger partial charge is 0.309 e. The molecule has 0 spiro atoms. The lowest BCUT2D eigenvalue weighted by molar-refractivity contribution is -0.156. The standard InChI is InChI=1S/C30H42O4/c1-17(2)9-8-10-18-24-22(34-26(18)33)16-30(7)20-15-21(31)25-27(3,4)23(32)12-13-28(25,5)19(20)11-14-29(24,30)6/h9,15,18-19,22,24-25H,8,10-14,16H2,1-7H3/t18-,19+,22+,24-,25+,28-,29+,30-/m1/s1. The molecule has 5 rings (SSSR count). The van der Waals surface area contributed by atoms with Gasteiger partial charge in [0.25, 0.3) is 0 Å². The van der Waals surface area contributed by atoms with E-state index in [1.54, 1.807) is 0 Å². The minimum Gasteiger partial charge on any atom is -0.462 e. The molecule has 0 aromatic carbocycles. The molecule has 4 heteroatoms. The molecule has 0 bridgehead atoms.